The standard InChI is InChI=1S/C46H80NO7P/c1-6-8-10-12-14-16-18-20-22-23-24-25-26-27-29-31-33-35-37-39-46(48)54-45(44-53-55(49,50)52-42-40-47(3,4)5)43-51-41-38-36-34-32-30-28-21-19-17-15-13-11-9-7-2/h22-27,29,31,33,35,37-39,41,45H,6-21,28,30,32,34,36,40,42-44H2,1-5H3/p+1/t45-/m1/s1. The number of phosphoric ester groups is 1. The van der Waals surface area contributed by atoms with E-state index in [4.69, 9.17) is 18.5 Å². The number of nitrogens with zero attached hydrogens (tertiary/aromatic N) is 1. The molecule has 0 rings (SSSR count). The third-order valence-electron chi connectivity index (χ3n) is 8.76. The lowest BCUT2D eigenvalue weighted by molar-refractivity contribution is -0.870. The molecule has 0 aromatic heterocycles. The molecule has 0 saturated carbocycles. The molecule has 2 atom stereocenters. The predicted molar refractivity (Wildman–Crippen MR) is 233 cm³/mol. The number of hydrogen-bond acceptors (Lipinski definition) is 6. The van der Waals surface area contributed by atoms with Crippen LogP contribution < -0.4 is 0 Å². The lowest BCUT2D eigenvalue weighted by atomic mass is 10.0. The molecule has 9 heteroatoms. The highest BCUT2D eigenvalue weighted by Crippen LogP contribution is 2.43. The van der Waals surface area contributed by atoms with Crippen molar-refractivity contribution in [2.45, 2.75) is 155 Å². The maximum atomic E-state index is 12.5. The summed E-state index contributed by atoms with van der Waals surface area (Å²) < 4.78 is 34.4. The Kier molecular flexibility index (Phi) is 36.7. The van der Waals surface area contributed by atoms with Crippen molar-refractivity contribution in [1.82, 2.24) is 0 Å². The average molecular weight is 791 g/mol. The normalized spacial score (nSPS) is 14.6. The molecule has 55 heavy (non-hydrogen) atoms. The molecule has 1 N–H and O–H groups in total. The number of likely N-dealkylation sites (N-methyl/N-ethyl adjacent to an activating group) is 1. The summed E-state index contributed by atoms with van der Waals surface area (Å²) in [5.74, 6) is -0.616. The Morgan fingerprint density at radius 2 is 1.02 bits per heavy atom. The van der Waals surface area contributed by atoms with Crippen LogP contribution in [-0.2, 0) is 27.9 Å². The van der Waals surface area contributed by atoms with Crippen molar-refractivity contribution in [3.63, 3.8) is 0 Å². The molecule has 0 aliphatic rings. The number of carbonyl (C=O) groups excluding carboxylic acids is 1. The Morgan fingerprint density at radius 3 is 1.51 bits per heavy atom. The molecule has 1 unspecified atom stereocenters. The highest BCUT2D eigenvalue weighted by atomic mass is 31.2. The summed E-state index contributed by atoms with van der Waals surface area (Å²) in [4.78, 5) is 22.7. The molecule has 0 aliphatic carbocycles. The molecule has 0 heterocycles. The molecule has 0 aromatic rings. The largest absolute Gasteiger partial charge is 0.498 e. The smallest absolute Gasteiger partial charge is 0.472 e. The number of allylic oxidation sites excluding steroid dienone is 12. The molecule has 8 nitrogen and oxygen atoms in total. The van der Waals surface area contributed by atoms with E-state index in [1.54, 1.807) is 24.5 Å². The molecular weight excluding hydrogens is 709 g/mol. The van der Waals surface area contributed by atoms with Crippen LogP contribution in [0.25, 0.3) is 0 Å². The van der Waals surface area contributed by atoms with Gasteiger partial charge in [0.25, 0.3) is 0 Å². The molecule has 316 valence electrons. The van der Waals surface area contributed by atoms with Crippen LogP contribution in [0, 0.1) is 0 Å². The van der Waals surface area contributed by atoms with Gasteiger partial charge in [0.05, 0.1) is 34.0 Å². The molecule has 0 radical (unpaired) electrons. The minimum atomic E-state index is -4.33. The van der Waals surface area contributed by atoms with Crippen LogP contribution in [0.4, 0.5) is 0 Å². The SMILES string of the molecule is CCCCCCCCCC=CC=CC=CC=CC=CC=CC(=O)O[C@H](COC=CCCCCCCCCCCCCCC)COP(=O)(O)OCC[N+](C)(C)C. The summed E-state index contributed by atoms with van der Waals surface area (Å²) in [6.45, 7) is 4.71. The van der Waals surface area contributed by atoms with Crippen molar-refractivity contribution in [3.8, 4) is 0 Å². The molecule has 0 bridgehead atoms. The number of hydrogen-bond donors (Lipinski definition) is 1. The maximum absolute atomic E-state index is 12.5. The fourth-order valence-corrected chi connectivity index (χ4v) is 6.15. The van der Waals surface area contributed by atoms with Gasteiger partial charge in [0.15, 0.2) is 6.10 Å². The lowest BCUT2D eigenvalue weighted by Gasteiger charge is -2.24. The van der Waals surface area contributed by atoms with E-state index in [-0.39, 0.29) is 19.8 Å². The number of carbonyl (C=O) groups is 1. The van der Waals surface area contributed by atoms with E-state index in [0.717, 1.165) is 19.3 Å². The van der Waals surface area contributed by atoms with Crippen molar-refractivity contribution < 1.29 is 37.3 Å². The van der Waals surface area contributed by atoms with Crippen molar-refractivity contribution in [1.29, 1.82) is 0 Å². The van der Waals surface area contributed by atoms with Gasteiger partial charge in [-0.15, -0.1) is 0 Å². The highest BCUT2D eigenvalue weighted by Gasteiger charge is 2.26. The molecule has 0 saturated heterocycles. The molecule has 0 aliphatic heterocycles. The summed E-state index contributed by atoms with van der Waals surface area (Å²) in [5.41, 5.74) is 0. The average Bonchev–Trinajstić information content (AvgIpc) is 3.13. The summed E-state index contributed by atoms with van der Waals surface area (Å²) >= 11 is 0. The minimum absolute atomic E-state index is 0.0260. The van der Waals surface area contributed by atoms with Crippen LogP contribution in [0.1, 0.15) is 149 Å². The van der Waals surface area contributed by atoms with E-state index in [1.807, 2.05) is 63.7 Å². The molecule has 0 aromatic carbocycles. The van der Waals surface area contributed by atoms with Gasteiger partial charge in [0.1, 0.15) is 19.8 Å². The van der Waals surface area contributed by atoms with Gasteiger partial charge >= 0.3 is 13.8 Å². The van der Waals surface area contributed by atoms with Crippen LogP contribution in [0.3, 0.4) is 0 Å². The summed E-state index contributed by atoms with van der Waals surface area (Å²) in [6, 6.07) is 0. The Hall–Kier alpha value is -2.48. The minimum Gasteiger partial charge on any atom is -0.498 e. The van der Waals surface area contributed by atoms with Gasteiger partial charge < -0.3 is 18.9 Å². The zero-order valence-corrected chi connectivity index (χ0v) is 36.5. The second-order valence-corrected chi connectivity index (χ2v) is 16.7. The summed E-state index contributed by atoms with van der Waals surface area (Å²) in [6.07, 6.45) is 52.1. The number of ether oxygens (including phenoxy) is 2. The van der Waals surface area contributed by atoms with E-state index in [0.29, 0.717) is 11.0 Å². The van der Waals surface area contributed by atoms with Crippen LogP contribution in [0.15, 0.2) is 85.3 Å². The first-order valence-corrected chi connectivity index (χ1v) is 23.0. The van der Waals surface area contributed by atoms with E-state index < -0.39 is 19.9 Å². The number of esters is 1. The first-order valence-electron chi connectivity index (χ1n) is 21.5. The number of rotatable bonds is 38. The lowest BCUT2D eigenvalue weighted by Crippen LogP contribution is -2.37. The zero-order chi connectivity index (χ0) is 40.6. The first-order chi connectivity index (χ1) is 26.6. The van der Waals surface area contributed by atoms with Crippen LogP contribution >= 0.6 is 7.82 Å². The second kappa shape index (κ2) is 38.4. The van der Waals surface area contributed by atoms with Crippen molar-refractivity contribution in [2.75, 3.05) is 47.5 Å². The van der Waals surface area contributed by atoms with E-state index in [9.17, 15) is 14.3 Å². The third kappa shape index (κ3) is 42.5. The molecule has 0 amide bonds. The Balaban J connectivity index is 4.58. The quantitative estimate of drug-likeness (QED) is 0.0127. The topological polar surface area (TPSA) is 91.3 Å². The van der Waals surface area contributed by atoms with Gasteiger partial charge in [-0.25, -0.2) is 9.36 Å². The summed E-state index contributed by atoms with van der Waals surface area (Å²) in [7, 11) is 1.53. The fraction of sp³-hybridized carbons (Fsp3) is 0.674. The van der Waals surface area contributed by atoms with Crippen molar-refractivity contribution in [3.05, 3.63) is 85.3 Å². The van der Waals surface area contributed by atoms with E-state index >= 15 is 0 Å². The highest BCUT2D eigenvalue weighted by molar-refractivity contribution is 7.47. The second-order valence-electron chi connectivity index (χ2n) is 15.3. The van der Waals surface area contributed by atoms with Crippen molar-refractivity contribution >= 4 is 13.8 Å². The van der Waals surface area contributed by atoms with Gasteiger partial charge in [-0.1, -0.05) is 190 Å². The molecule has 0 spiro atoms. The van der Waals surface area contributed by atoms with Crippen LogP contribution in [-0.4, -0.2) is 69.0 Å². The van der Waals surface area contributed by atoms with Gasteiger partial charge in [-0.05, 0) is 31.8 Å². The van der Waals surface area contributed by atoms with E-state index in [1.165, 1.54) is 122 Å². The zero-order valence-electron chi connectivity index (χ0n) is 35.6. The van der Waals surface area contributed by atoms with Gasteiger partial charge in [-0.2, -0.15) is 0 Å². The predicted octanol–water partition coefficient (Wildman–Crippen LogP) is 12.8. The Labute approximate surface area is 337 Å². The molecular formula is C46H81NO7P+. The fourth-order valence-electron chi connectivity index (χ4n) is 5.41. The van der Waals surface area contributed by atoms with Gasteiger partial charge in [0, 0.05) is 6.08 Å². The Bertz CT molecular complexity index is 1150. The monoisotopic (exact) mass is 791 g/mol. The number of quaternary nitrogens is 1. The maximum Gasteiger partial charge on any atom is 0.472 e. The first kappa shape index (κ1) is 52.5. The van der Waals surface area contributed by atoms with Gasteiger partial charge in [0.2, 0.25) is 0 Å². The van der Waals surface area contributed by atoms with Crippen molar-refractivity contribution in [2.24, 2.45) is 0 Å². The van der Waals surface area contributed by atoms with E-state index in [2.05, 4.69) is 26.0 Å². The third-order valence-corrected chi connectivity index (χ3v) is 9.75. The Morgan fingerprint density at radius 1 is 0.582 bits per heavy atom. The van der Waals surface area contributed by atoms with Crippen LogP contribution in [0.5, 0.6) is 0 Å². The molecule has 0 fully saturated rings. The number of phosphoric acid groups is 1. The van der Waals surface area contributed by atoms with Gasteiger partial charge in [-0.3, -0.25) is 9.05 Å². The number of unbranched alkanes of at least 4 members (excludes halogenated alkanes) is 19. The van der Waals surface area contributed by atoms with Crippen LogP contribution in [0.2, 0.25) is 0 Å². The summed E-state index contributed by atoms with van der Waals surface area (Å²) in [5, 5.41) is 0.